The van der Waals surface area contributed by atoms with Crippen molar-refractivity contribution >= 4 is 33.0 Å². The van der Waals surface area contributed by atoms with Crippen molar-refractivity contribution in [1.82, 2.24) is 14.1 Å². The van der Waals surface area contributed by atoms with Gasteiger partial charge in [-0.2, -0.15) is 9.40 Å². The van der Waals surface area contributed by atoms with E-state index in [1.165, 1.54) is 15.6 Å². The number of hydrogen-bond donors (Lipinski definition) is 0. The Kier molecular flexibility index (Phi) is 4.53. The van der Waals surface area contributed by atoms with Crippen molar-refractivity contribution in [2.24, 2.45) is 7.05 Å². The summed E-state index contributed by atoms with van der Waals surface area (Å²) in [5.74, 6) is 0.327. The first kappa shape index (κ1) is 15.5. The largest absolute Gasteiger partial charge is 0.275 e. The lowest BCUT2D eigenvalue weighted by molar-refractivity contribution is 0.466. The Morgan fingerprint density at radius 1 is 1.50 bits per heavy atom. The molecule has 110 valence electrons. The highest BCUT2D eigenvalue weighted by molar-refractivity contribution is 7.89. The molecule has 2 aromatic rings. The minimum Gasteiger partial charge on any atom is -0.275 e. The van der Waals surface area contributed by atoms with Crippen LogP contribution in [-0.4, -0.2) is 29.6 Å². The molecule has 0 fully saturated rings. The fourth-order valence-corrected chi connectivity index (χ4v) is 4.76. The van der Waals surface area contributed by atoms with Crippen LogP contribution in [0, 0.1) is 6.92 Å². The molecular weight excluding hydrogens is 318 g/mol. The minimum absolute atomic E-state index is 0.293. The van der Waals surface area contributed by atoms with Crippen LogP contribution in [0.3, 0.4) is 0 Å². The average Bonchev–Trinajstić information content (AvgIpc) is 2.95. The van der Waals surface area contributed by atoms with Gasteiger partial charge in [0.2, 0.25) is 10.0 Å². The average molecular weight is 334 g/mol. The van der Waals surface area contributed by atoms with Gasteiger partial charge < -0.3 is 0 Å². The number of aryl methyl sites for hydroxylation is 2. The van der Waals surface area contributed by atoms with Gasteiger partial charge in [-0.1, -0.05) is 0 Å². The Labute approximate surface area is 127 Å². The number of hydrogen-bond acceptors (Lipinski definition) is 4. The molecule has 0 aliphatic heterocycles. The lowest BCUT2D eigenvalue weighted by atomic mass is 10.4. The third-order valence-electron chi connectivity index (χ3n) is 2.91. The van der Waals surface area contributed by atoms with E-state index in [4.69, 9.17) is 11.6 Å². The summed E-state index contributed by atoms with van der Waals surface area (Å²) in [6, 6.07) is 1.65. The molecular formula is C12H16ClN3O2S2. The quantitative estimate of drug-likeness (QED) is 0.789. The zero-order valence-electron chi connectivity index (χ0n) is 11.5. The van der Waals surface area contributed by atoms with Crippen molar-refractivity contribution < 1.29 is 8.42 Å². The first-order chi connectivity index (χ1) is 9.34. The standard InChI is InChI=1S/C12H16ClN3O2S2/c1-9-12(4-11(5-13)19-9)20(17,18)16(3)8-10-6-14-15(2)7-10/h4,6-7H,5,8H2,1-3H3. The van der Waals surface area contributed by atoms with Crippen molar-refractivity contribution in [3.05, 3.63) is 33.8 Å². The van der Waals surface area contributed by atoms with Crippen LogP contribution in [0.15, 0.2) is 23.4 Å². The Bertz CT molecular complexity index is 706. The van der Waals surface area contributed by atoms with Crippen LogP contribution in [-0.2, 0) is 29.5 Å². The maximum absolute atomic E-state index is 12.6. The predicted molar refractivity (Wildman–Crippen MR) is 80.5 cm³/mol. The maximum Gasteiger partial charge on any atom is 0.244 e. The first-order valence-electron chi connectivity index (χ1n) is 5.93. The highest BCUT2D eigenvalue weighted by Gasteiger charge is 2.25. The molecule has 0 radical (unpaired) electrons. The number of sulfonamides is 1. The predicted octanol–water partition coefficient (Wildman–Crippen LogP) is 2.35. The summed E-state index contributed by atoms with van der Waals surface area (Å²) in [7, 11) is -0.131. The lowest BCUT2D eigenvalue weighted by Gasteiger charge is -2.16. The zero-order chi connectivity index (χ0) is 14.9. The summed E-state index contributed by atoms with van der Waals surface area (Å²) in [4.78, 5) is 1.96. The maximum atomic E-state index is 12.6. The smallest absolute Gasteiger partial charge is 0.244 e. The van der Waals surface area contributed by atoms with Crippen LogP contribution in [0.5, 0.6) is 0 Å². The molecule has 5 nitrogen and oxygen atoms in total. The molecule has 20 heavy (non-hydrogen) atoms. The molecule has 2 rings (SSSR count). The number of halogens is 1. The lowest BCUT2D eigenvalue weighted by Crippen LogP contribution is -2.26. The summed E-state index contributed by atoms with van der Waals surface area (Å²) in [6.45, 7) is 2.09. The number of thiophene rings is 1. The van der Waals surface area contributed by atoms with E-state index in [2.05, 4.69) is 5.10 Å². The van der Waals surface area contributed by atoms with Crippen molar-refractivity contribution in [3.8, 4) is 0 Å². The Balaban J connectivity index is 2.26. The second kappa shape index (κ2) is 5.85. The van der Waals surface area contributed by atoms with Gasteiger partial charge in [0.25, 0.3) is 0 Å². The fraction of sp³-hybridized carbons (Fsp3) is 0.417. The van der Waals surface area contributed by atoms with E-state index in [9.17, 15) is 8.42 Å². The monoisotopic (exact) mass is 333 g/mol. The van der Waals surface area contributed by atoms with Crippen LogP contribution in [0.25, 0.3) is 0 Å². The summed E-state index contributed by atoms with van der Waals surface area (Å²) in [6.07, 6.45) is 3.47. The van der Waals surface area contributed by atoms with Gasteiger partial charge in [-0.15, -0.1) is 22.9 Å². The third kappa shape index (κ3) is 3.06. The second-order valence-electron chi connectivity index (χ2n) is 4.55. The highest BCUT2D eigenvalue weighted by atomic mass is 35.5. The minimum atomic E-state index is -3.50. The summed E-state index contributed by atoms with van der Waals surface area (Å²) in [5.41, 5.74) is 0.851. The molecule has 0 saturated carbocycles. The van der Waals surface area contributed by atoms with Crippen molar-refractivity contribution in [2.45, 2.75) is 24.2 Å². The molecule has 0 aliphatic carbocycles. The van der Waals surface area contributed by atoms with Gasteiger partial charge in [0.1, 0.15) is 0 Å². The molecule has 8 heteroatoms. The molecule has 0 unspecified atom stereocenters. The molecule has 0 aromatic carbocycles. The Morgan fingerprint density at radius 3 is 2.70 bits per heavy atom. The van der Waals surface area contributed by atoms with Crippen LogP contribution in [0.2, 0.25) is 0 Å². The van der Waals surface area contributed by atoms with Gasteiger partial charge in [-0.25, -0.2) is 8.42 Å². The van der Waals surface area contributed by atoms with Gasteiger partial charge in [0, 0.05) is 42.2 Å². The normalized spacial score (nSPS) is 12.2. The first-order valence-corrected chi connectivity index (χ1v) is 8.73. The van der Waals surface area contributed by atoms with Gasteiger partial charge in [-0.3, -0.25) is 4.68 Å². The molecule has 0 spiro atoms. The number of aromatic nitrogens is 2. The Morgan fingerprint density at radius 2 is 2.20 bits per heavy atom. The highest BCUT2D eigenvalue weighted by Crippen LogP contribution is 2.29. The van der Waals surface area contributed by atoms with Crippen molar-refractivity contribution in [1.29, 1.82) is 0 Å². The SMILES string of the molecule is Cc1sc(CCl)cc1S(=O)(=O)N(C)Cc1cnn(C)c1. The van der Waals surface area contributed by atoms with Crippen LogP contribution < -0.4 is 0 Å². The number of nitrogens with zero attached hydrogens (tertiary/aromatic N) is 3. The van der Waals surface area contributed by atoms with E-state index in [0.717, 1.165) is 15.3 Å². The van der Waals surface area contributed by atoms with Gasteiger partial charge in [0.05, 0.1) is 17.0 Å². The Hall–Kier alpha value is -0.890. The number of alkyl halides is 1. The van der Waals surface area contributed by atoms with E-state index in [1.54, 1.807) is 44.2 Å². The third-order valence-corrected chi connectivity index (χ3v) is 6.46. The summed E-state index contributed by atoms with van der Waals surface area (Å²) in [5, 5.41) is 4.04. The van der Waals surface area contributed by atoms with Gasteiger partial charge in [-0.05, 0) is 13.0 Å². The fourth-order valence-electron chi connectivity index (χ4n) is 1.91. The van der Waals surface area contributed by atoms with E-state index >= 15 is 0 Å². The second-order valence-corrected chi connectivity index (χ2v) is 8.17. The summed E-state index contributed by atoms with van der Waals surface area (Å²) < 4.78 is 28.1. The van der Waals surface area contributed by atoms with Crippen LogP contribution >= 0.6 is 22.9 Å². The molecule has 0 bridgehead atoms. The topological polar surface area (TPSA) is 55.2 Å². The van der Waals surface area contributed by atoms with Crippen LogP contribution in [0.1, 0.15) is 15.3 Å². The summed E-state index contributed by atoms with van der Waals surface area (Å²) >= 11 is 7.18. The van der Waals surface area contributed by atoms with Crippen molar-refractivity contribution in [3.63, 3.8) is 0 Å². The van der Waals surface area contributed by atoms with E-state index in [1.807, 2.05) is 0 Å². The molecule has 0 N–H and O–H groups in total. The van der Waals surface area contributed by atoms with E-state index in [-0.39, 0.29) is 0 Å². The molecule has 0 amide bonds. The molecule has 0 aliphatic rings. The molecule has 0 atom stereocenters. The van der Waals surface area contributed by atoms with Crippen molar-refractivity contribution in [2.75, 3.05) is 7.05 Å². The van der Waals surface area contributed by atoms with Crippen LogP contribution in [0.4, 0.5) is 0 Å². The van der Waals surface area contributed by atoms with E-state index in [0.29, 0.717) is 17.3 Å². The van der Waals surface area contributed by atoms with E-state index < -0.39 is 10.0 Å². The molecule has 2 aromatic heterocycles. The van der Waals surface area contributed by atoms with Gasteiger partial charge >= 0.3 is 0 Å². The number of rotatable bonds is 5. The molecule has 0 saturated heterocycles. The van der Waals surface area contributed by atoms with Gasteiger partial charge in [0.15, 0.2) is 0 Å². The zero-order valence-corrected chi connectivity index (χ0v) is 13.9. The molecule has 2 heterocycles.